The minimum absolute atomic E-state index is 0.157. The van der Waals surface area contributed by atoms with Crippen LogP contribution in [0.1, 0.15) is 25.3 Å². The van der Waals surface area contributed by atoms with E-state index in [0.29, 0.717) is 13.1 Å². The number of anilines is 1. The van der Waals surface area contributed by atoms with Crippen molar-refractivity contribution >= 4 is 5.82 Å². The Morgan fingerprint density at radius 2 is 2.00 bits per heavy atom. The molecule has 1 aliphatic rings. The van der Waals surface area contributed by atoms with Crippen molar-refractivity contribution in [2.75, 3.05) is 24.5 Å². The van der Waals surface area contributed by atoms with Crippen LogP contribution in [-0.2, 0) is 6.54 Å². The molecule has 0 aromatic carbocycles. The maximum Gasteiger partial charge on any atom is 0.391 e. The lowest BCUT2D eigenvalue weighted by Gasteiger charge is -2.33. The molecule has 1 N–H and O–H groups in total. The predicted molar refractivity (Wildman–Crippen MR) is 72.6 cm³/mol. The highest BCUT2D eigenvalue weighted by Gasteiger charge is 2.41. The van der Waals surface area contributed by atoms with Gasteiger partial charge in [-0.2, -0.15) is 13.2 Å². The number of piperidine rings is 1. The van der Waals surface area contributed by atoms with Crippen LogP contribution >= 0.6 is 0 Å². The van der Waals surface area contributed by atoms with Crippen molar-refractivity contribution in [3.8, 4) is 0 Å². The maximum atomic E-state index is 12.6. The zero-order valence-electron chi connectivity index (χ0n) is 11.6. The van der Waals surface area contributed by atoms with E-state index in [4.69, 9.17) is 0 Å². The summed E-state index contributed by atoms with van der Waals surface area (Å²) in [6, 6.07) is 3.86. The van der Waals surface area contributed by atoms with Crippen LogP contribution in [0.4, 0.5) is 19.0 Å². The fraction of sp³-hybridized carbons (Fsp3) is 0.643. The Hall–Kier alpha value is -1.30. The number of aromatic nitrogens is 1. The predicted octanol–water partition coefficient (Wildman–Crippen LogP) is 2.97. The van der Waals surface area contributed by atoms with Gasteiger partial charge in [0.15, 0.2) is 0 Å². The summed E-state index contributed by atoms with van der Waals surface area (Å²) < 4.78 is 37.8. The number of pyridine rings is 1. The topological polar surface area (TPSA) is 28.2 Å². The van der Waals surface area contributed by atoms with Gasteiger partial charge in [0, 0.05) is 25.8 Å². The summed E-state index contributed by atoms with van der Waals surface area (Å²) in [4.78, 5) is 6.28. The fourth-order valence-electron chi connectivity index (χ4n) is 2.41. The van der Waals surface area contributed by atoms with E-state index >= 15 is 0 Å². The molecule has 0 bridgehead atoms. The van der Waals surface area contributed by atoms with Crippen molar-refractivity contribution in [3.63, 3.8) is 0 Å². The first kappa shape index (κ1) is 15.1. The molecule has 0 aliphatic carbocycles. The summed E-state index contributed by atoms with van der Waals surface area (Å²) in [5.41, 5.74) is 1.08. The second-order valence-corrected chi connectivity index (χ2v) is 5.11. The summed E-state index contributed by atoms with van der Waals surface area (Å²) in [5, 5.41) is 3.21. The number of nitrogens with one attached hydrogen (secondary N) is 1. The minimum Gasteiger partial charge on any atom is -0.357 e. The van der Waals surface area contributed by atoms with E-state index in [-0.39, 0.29) is 12.8 Å². The second kappa shape index (κ2) is 6.43. The molecule has 0 amide bonds. The molecule has 112 valence electrons. The molecule has 1 aromatic heterocycles. The molecule has 0 atom stereocenters. The fourth-order valence-corrected chi connectivity index (χ4v) is 2.41. The van der Waals surface area contributed by atoms with E-state index in [1.54, 1.807) is 6.20 Å². The largest absolute Gasteiger partial charge is 0.391 e. The highest BCUT2D eigenvalue weighted by Crippen LogP contribution is 2.34. The van der Waals surface area contributed by atoms with Crippen LogP contribution in [0.15, 0.2) is 18.3 Å². The molecule has 2 heterocycles. The number of rotatable bonds is 4. The smallest absolute Gasteiger partial charge is 0.357 e. The third-order valence-electron chi connectivity index (χ3n) is 3.67. The van der Waals surface area contributed by atoms with Crippen molar-refractivity contribution in [1.82, 2.24) is 10.3 Å². The molecule has 0 radical (unpaired) electrons. The van der Waals surface area contributed by atoms with Gasteiger partial charge in [-0.15, -0.1) is 0 Å². The van der Waals surface area contributed by atoms with Crippen molar-refractivity contribution < 1.29 is 13.2 Å². The van der Waals surface area contributed by atoms with Crippen LogP contribution < -0.4 is 10.2 Å². The number of hydrogen-bond donors (Lipinski definition) is 1. The third-order valence-corrected chi connectivity index (χ3v) is 3.67. The first-order valence-electron chi connectivity index (χ1n) is 6.98. The van der Waals surface area contributed by atoms with E-state index in [1.165, 1.54) is 0 Å². The van der Waals surface area contributed by atoms with Crippen molar-refractivity contribution in [2.45, 2.75) is 32.5 Å². The molecule has 0 spiro atoms. The van der Waals surface area contributed by atoms with E-state index in [2.05, 4.69) is 10.3 Å². The van der Waals surface area contributed by atoms with Crippen LogP contribution in [0.3, 0.4) is 0 Å². The minimum atomic E-state index is -4.06. The van der Waals surface area contributed by atoms with Gasteiger partial charge < -0.3 is 10.2 Å². The molecular formula is C14H20F3N3. The van der Waals surface area contributed by atoms with Gasteiger partial charge in [-0.3, -0.25) is 0 Å². The Kier molecular flexibility index (Phi) is 4.86. The Morgan fingerprint density at radius 3 is 2.50 bits per heavy atom. The molecule has 1 fully saturated rings. The normalized spacial score (nSPS) is 17.5. The molecule has 6 heteroatoms. The highest BCUT2D eigenvalue weighted by atomic mass is 19.4. The average Bonchev–Trinajstić information content (AvgIpc) is 2.45. The Labute approximate surface area is 117 Å². The monoisotopic (exact) mass is 287 g/mol. The van der Waals surface area contributed by atoms with Gasteiger partial charge in [0.25, 0.3) is 0 Å². The zero-order chi connectivity index (χ0) is 14.6. The molecular weight excluding hydrogens is 267 g/mol. The number of halogens is 3. The van der Waals surface area contributed by atoms with Gasteiger partial charge in [-0.1, -0.05) is 13.0 Å². The van der Waals surface area contributed by atoms with Gasteiger partial charge in [-0.05, 0) is 31.0 Å². The third kappa shape index (κ3) is 3.85. The Balaban J connectivity index is 1.90. The first-order chi connectivity index (χ1) is 9.50. The lowest BCUT2D eigenvalue weighted by atomic mass is 9.96. The number of nitrogens with zero attached hydrogens (tertiary/aromatic N) is 2. The van der Waals surface area contributed by atoms with Crippen molar-refractivity contribution in [1.29, 1.82) is 0 Å². The van der Waals surface area contributed by atoms with E-state index in [0.717, 1.165) is 24.5 Å². The molecule has 20 heavy (non-hydrogen) atoms. The number of hydrogen-bond acceptors (Lipinski definition) is 3. The van der Waals surface area contributed by atoms with Gasteiger partial charge in [-0.25, -0.2) is 4.98 Å². The van der Waals surface area contributed by atoms with Gasteiger partial charge in [0.1, 0.15) is 5.82 Å². The van der Waals surface area contributed by atoms with E-state index in [1.807, 2.05) is 24.0 Å². The molecule has 0 saturated carbocycles. The standard InChI is InChI=1S/C14H20F3N3/c1-2-18-9-11-3-4-13(19-10-11)20-7-5-12(6-8-20)14(15,16)17/h3-4,10,12,18H,2,5-9H2,1H3. The quantitative estimate of drug-likeness (QED) is 0.923. The average molecular weight is 287 g/mol. The van der Waals surface area contributed by atoms with Gasteiger partial charge in [0.05, 0.1) is 5.92 Å². The second-order valence-electron chi connectivity index (χ2n) is 5.11. The molecule has 1 aliphatic heterocycles. The summed E-state index contributed by atoms with van der Waals surface area (Å²) in [5.74, 6) is -0.391. The first-order valence-corrected chi connectivity index (χ1v) is 6.98. The summed E-state index contributed by atoms with van der Waals surface area (Å²) >= 11 is 0. The Bertz CT molecular complexity index is 409. The van der Waals surface area contributed by atoms with Crippen LogP contribution in [0.5, 0.6) is 0 Å². The van der Waals surface area contributed by atoms with E-state index < -0.39 is 12.1 Å². The zero-order valence-corrected chi connectivity index (χ0v) is 11.6. The van der Waals surface area contributed by atoms with Crippen LogP contribution in [0, 0.1) is 5.92 Å². The van der Waals surface area contributed by atoms with Crippen molar-refractivity contribution in [3.05, 3.63) is 23.9 Å². The highest BCUT2D eigenvalue weighted by molar-refractivity contribution is 5.39. The van der Waals surface area contributed by atoms with Gasteiger partial charge in [0.2, 0.25) is 0 Å². The lowest BCUT2D eigenvalue weighted by Crippen LogP contribution is -2.39. The van der Waals surface area contributed by atoms with Crippen LogP contribution in [0.2, 0.25) is 0 Å². The number of alkyl halides is 3. The molecule has 1 saturated heterocycles. The SMILES string of the molecule is CCNCc1ccc(N2CCC(C(F)(F)F)CC2)nc1. The van der Waals surface area contributed by atoms with Gasteiger partial charge >= 0.3 is 6.18 Å². The Morgan fingerprint density at radius 1 is 1.30 bits per heavy atom. The maximum absolute atomic E-state index is 12.6. The van der Waals surface area contributed by atoms with Crippen LogP contribution in [-0.4, -0.2) is 30.8 Å². The summed E-state index contributed by atoms with van der Waals surface area (Å²) in [6.45, 7) is 4.53. The summed E-state index contributed by atoms with van der Waals surface area (Å²) in [7, 11) is 0. The van der Waals surface area contributed by atoms with Crippen molar-refractivity contribution in [2.24, 2.45) is 5.92 Å². The van der Waals surface area contributed by atoms with E-state index in [9.17, 15) is 13.2 Å². The molecule has 0 unspecified atom stereocenters. The molecule has 2 rings (SSSR count). The molecule has 1 aromatic rings. The molecule has 3 nitrogen and oxygen atoms in total. The van der Waals surface area contributed by atoms with Crippen LogP contribution in [0.25, 0.3) is 0 Å². The lowest BCUT2D eigenvalue weighted by molar-refractivity contribution is -0.179. The summed E-state index contributed by atoms with van der Waals surface area (Å²) in [6.07, 6.45) is -1.96.